The summed E-state index contributed by atoms with van der Waals surface area (Å²) >= 11 is 4.86. The number of anilines is 1. The lowest BCUT2D eigenvalue weighted by Crippen LogP contribution is -2.22. The summed E-state index contributed by atoms with van der Waals surface area (Å²) < 4.78 is 2.00. The summed E-state index contributed by atoms with van der Waals surface area (Å²) in [5.41, 5.74) is 2.99. The molecular weight excluding hydrogens is 414 g/mol. The normalized spacial score (nSPS) is 10.7. The van der Waals surface area contributed by atoms with Crippen molar-refractivity contribution < 1.29 is 9.59 Å². The Morgan fingerprint density at radius 1 is 1.15 bits per heavy atom. The molecule has 1 aromatic heterocycles. The molecule has 0 aliphatic heterocycles. The molecule has 0 radical (unpaired) electrons. The van der Waals surface area contributed by atoms with E-state index >= 15 is 0 Å². The van der Waals surface area contributed by atoms with Gasteiger partial charge >= 0.3 is 0 Å². The van der Waals surface area contributed by atoms with Gasteiger partial charge in [-0.1, -0.05) is 45.5 Å². The lowest BCUT2D eigenvalue weighted by molar-refractivity contribution is -0.121. The zero-order valence-electron chi connectivity index (χ0n) is 14.2. The van der Waals surface area contributed by atoms with Gasteiger partial charge in [-0.2, -0.15) is 0 Å². The minimum atomic E-state index is -0.133. The van der Waals surface area contributed by atoms with Crippen molar-refractivity contribution in [2.45, 2.75) is 26.3 Å². The van der Waals surface area contributed by atoms with Crippen LogP contribution in [0.2, 0.25) is 0 Å². The molecule has 7 heteroatoms. The van der Waals surface area contributed by atoms with E-state index in [1.807, 2.05) is 42.5 Å². The Labute approximate surface area is 164 Å². The number of benzene rings is 2. The summed E-state index contributed by atoms with van der Waals surface area (Å²) in [4.78, 5) is 27.6. The Hall–Kier alpha value is -2.25. The highest BCUT2D eigenvalue weighted by Gasteiger charge is 2.07. The molecule has 5 nitrogen and oxygen atoms in total. The third-order valence-electron chi connectivity index (χ3n) is 3.76. The smallest absolute Gasteiger partial charge is 0.223 e. The summed E-state index contributed by atoms with van der Waals surface area (Å²) in [6.45, 7) is 1.98. The number of amides is 2. The molecule has 0 fully saturated rings. The molecule has 0 saturated carbocycles. The predicted octanol–water partition coefficient (Wildman–Crippen LogP) is 4.27. The molecule has 2 aromatic carbocycles. The number of fused-ring (bicyclic) bond motifs is 1. The van der Waals surface area contributed by atoms with E-state index in [-0.39, 0.29) is 11.8 Å². The molecule has 0 unspecified atom stereocenters. The van der Waals surface area contributed by atoms with E-state index in [9.17, 15) is 9.59 Å². The number of hydrogen-bond donors (Lipinski definition) is 2. The molecule has 134 valence electrons. The maximum atomic E-state index is 12.1. The maximum absolute atomic E-state index is 12.1. The molecule has 0 saturated heterocycles. The molecule has 2 N–H and O–H groups in total. The minimum Gasteiger partial charge on any atom is -0.352 e. The van der Waals surface area contributed by atoms with Crippen LogP contribution in [0.15, 0.2) is 46.9 Å². The lowest BCUT2D eigenvalue weighted by Gasteiger charge is -2.06. The SMILES string of the molecule is CC(=O)Nc1nc2ccc(CCC(=O)NCc3cccc(Br)c3)cc2s1. The van der Waals surface area contributed by atoms with Crippen LogP contribution in [0.1, 0.15) is 24.5 Å². The van der Waals surface area contributed by atoms with Crippen molar-refractivity contribution in [3.8, 4) is 0 Å². The molecule has 0 aliphatic rings. The fraction of sp³-hybridized carbons (Fsp3) is 0.211. The van der Waals surface area contributed by atoms with Gasteiger partial charge in [-0.3, -0.25) is 9.59 Å². The summed E-state index contributed by atoms with van der Waals surface area (Å²) in [6, 6.07) is 13.8. The summed E-state index contributed by atoms with van der Waals surface area (Å²) in [6.07, 6.45) is 1.09. The van der Waals surface area contributed by atoms with E-state index < -0.39 is 0 Å². The van der Waals surface area contributed by atoms with E-state index in [4.69, 9.17) is 0 Å². The monoisotopic (exact) mass is 431 g/mol. The minimum absolute atomic E-state index is 0.0216. The van der Waals surface area contributed by atoms with Crippen LogP contribution >= 0.6 is 27.3 Å². The second kappa shape index (κ2) is 8.42. The topological polar surface area (TPSA) is 71.1 Å². The second-order valence-electron chi connectivity index (χ2n) is 5.91. The standard InChI is InChI=1S/C19H18BrN3O2S/c1-12(24)22-19-23-16-7-5-13(10-17(16)26-19)6-8-18(25)21-11-14-3-2-4-15(20)9-14/h2-5,7,9-10H,6,8,11H2,1H3,(H,21,25)(H,22,23,24). The molecule has 2 amide bonds. The van der Waals surface area contributed by atoms with Crippen LogP contribution < -0.4 is 10.6 Å². The van der Waals surface area contributed by atoms with Gasteiger partial charge in [-0.25, -0.2) is 4.98 Å². The van der Waals surface area contributed by atoms with Crippen molar-refractivity contribution in [3.05, 3.63) is 58.1 Å². The van der Waals surface area contributed by atoms with Gasteiger partial charge in [0.2, 0.25) is 11.8 Å². The number of aromatic nitrogens is 1. The van der Waals surface area contributed by atoms with Crippen molar-refractivity contribution >= 4 is 54.4 Å². The Morgan fingerprint density at radius 3 is 2.77 bits per heavy atom. The van der Waals surface area contributed by atoms with E-state index in [1.54, 1.807) is 0 Å². The first-order valence-corrected chi connectivity index (χ1v) is 9.79. The number of carbonyl (C=O) groups excluding carboxylic acids is 2. The van der Waals surface area contributed by atoms with E-state index in [0.29, 0.717) is 24.5 Å². The average Bonchev–Trinajstić information content (AvgIpc) is 2.98. The van der Waals surface area contributed by atoms with Crippen molar-refractivity contribution in [2.24, 2.45) is 0 Å². The largest absolute Gasteiger partial charge is 0.352 e. The average molecular weight is 432 g/mol. The molecule has 3 rings (SSSR count). The summed E-state index contributed by atoms with van der Waals surface area (Å²) in [7, 11) is 0. The predicted molar refractivity (Wildman–Crippen MR) is 108 cm³/mol. The molecule has 0 aliphatic carbocycles. The van der Waals surface area contributed by atoms with Crippen LogP contribution in [-0.2, 0) is 22.6 Å². The molecule has 26 heavy (non-hydrogen) atoms. The highest BCUT2D eigenvalue weighted by atomic mass is 79.9. The van der Waals surface area contributed by atoms with Gasteiger partial charge in [0.15, 0.2) is 5.13 Å². The summed E-state index contributed by atoms with van der Waals surface area (Å²) in [5.74, 6) is -0.111. The Morgan fingerprint density at radius 2 is 2.00 bits per heavy atom. The first kappa shape index (κ1) is 18.5. The second-order valence-corrected chi connectivity index (χ2v) is 7.86. The number of nitrogens with one attached hydrogen (secondary N) is 2. The number of rotatable bonds is 6. The van der Waals surface area contributed by atoms with Crippen LogP contribution in [-0.4, -0.2) is 16.8 Å². The van der Waals surface area contributed by atoms with Crippen LogP contribution in [0.5, 0.6) is 0 Å². The number of hydrogen-bond acceptors (Lipinski definition) is 4. The van der Waals surface area contributed by atoms with Gasteiger partial charge in [-0.05, 0) is 41.8 Å². The van der Waals surface area contributed by atoms with Crippen molar-refractivity contribution in [1.29, 1.82) is 0 Å². The molecule has 0 atom stereocenters. The van der Waals surface area contributed by atoms with Gasteiger partial charge in [-0.15, -0.1) is 0 Å². The molecule has 3 aromatic rings. The Kier molecular flexibility index (Phi) is 6.00. The van der Waals surface area contributed by atoms with Crippen LogP contribution in [0.4, 0.5) is 5.13 Å². The fourth-order valence-corrected chi connectivity index (χ4v) is 3.94. The van der Waals surface area contributed by atoms with Crippen molar-refractivity contribution in [3.63, 3.8) is 0 Å². The molecular formula is C19H18BrN3O2S. The third kappa shape index (κ3) is 5.12. The van der Waals surface area contributed by atoms with Crippen LogP contribution in [0.3, 0.4) is 0 Å². The van der Waals surface area contributed by atoms with Gasteiger partial charge in [0, 0.05) is 24.4 Å². The van der Waals surface area contributed by atoms with Gasteiger partial charge in [0.25, 0.3) is 0 Å². The molecule has 0 bridgehead atoms. The van der Waals surface area contributed by atoms with Crippen molar-refractivity contribution in [2.75, 3.05) is 5.32 Å². The lowest BCUT2D eigenvalue weighted by atomic mass is 10.1. The first-order chi connectivity index (χ1) is 12.5. The number of aryl methyl sites for hydroxylation is 1. The first-order valence-electron chi connectivity index (χ1n) is 8.18. The zero-order chi connectivity index (χ0) is 18.5. The van der Waals surface area contributed by atoms with E-state index in [2.05, 4.69) is 31.5 Å². The quantitative estimate of drug-likeness (QED) is 0.611. The number of nitrogens with zero attached hydrogens (tertiary/aromatic N) is 1. The Bertz CT molecular complexity index is 955. The van der Waals surface area contributed by atoms with Gasteiger partial charge in [0.05, 0.1) is 10.2 Å². The van der Waals surface area contributed by atoms with Gasteiger partial charge in [0.1, 0.15) is 0 Å². The maximum Gasteiger partial charge on any atom is 0.223 e. The van der Waals surface area contributed by atoms with Crippen LogP contribution in [0, 0.1) is 0 Å². The highest BCUT2D eigenvalue weighted by Crippen LogP contribution is 2.27. The van der Waals surface area contributed by atoms with E-state index in [0.717, 1.165) is 25.8 Å². The number of carbonyl (C=O) groups is 2. The summed E-state index contributed by atoms with van der Waals surface area (Å²) in [5, 5.41) is 6.24. The highest BCUT2D eigenvalue weighted by molar-refractivity contribution is 9.10. The van der Waals surface area contributed by atoms with Crippen molar-refractivity contribution in [1.82, 2.24) is 10.3 Å². The van der Waals surface area contributed by atoms with Gasteiger partial charge < -0.3 is 10.6 Å². The zero-order valence-corrected chi connectivity index (χ0v) is 16.6. The third-order valence-corrected chi connectivity index (χ3v) is 5.18. The fourth-order valence-electron chi connectivity index (χ4n) is 2.52. The molecule has 1 heterocycles. The van der Waals surface area contributed by atoms with E-state index in [1.165, 1.54) is 18.3 Å². The number of halogens is 1. The molecule has 0 spiro atoms. The number of thiazole rings is 1. The Balaban J connectivity index is 1.55. The van der Waals surface area contributed by atoms with Crippen LogP contribution in [0.25, 0.3) is 10.2 Å².